The van der Waals surface area contributed by atoms with E-state index in [2.05, 4.69) is 30.5 Å². The molecule has 3 aromatic heterocycles. The van der Waals surface area contributed by atoms with Gasteiger partial charge < -0.3 is 15.3 Å². The fraction of sp³-hybridized carbons (Fsp3) is 0.400. The van der Waals surface area contributed by atoms with Crippen molar-refractivity contribution < 1.29 is 19.5 Å². The van der Waals surface area contributed by atoms with E-state index in [0.29, 0.717) is 25.3 Å². The average molecular weight is 537 g/mol. The van der Waals surface area contributed by atoms with Gasteiger partial charge in [-0.1, -0.05) is 17.3 Å². The van der Waals surface area contributed by atoms with Crippen LogP contribution in [0.5, 0.6) is 0 Å². The standard InChI is InChI=1S/C25H28N8O4S/c1-25(2)21(24(36)37)33-22(35)20(23(33)38-25)28-19(34)15-32-14-18(29-30-32)13-31(11-16-7-3-5-9-26-16)12-17-8-4-6-10-27-17/h3-10,14,20-21,23H,11-13,15H2,1-2H3,(H,28,34)(H,36,37)/t20-,21+,23+/m1/s1. The Hall–Kier alpha value is -3.84. The van der Waals surface area contributed by atoms with Crippen LogP contribution < -0.4 is 5.32 Å². The summed E-state index contributed by atoms with van der Waals surface area (Å²) in [5.41, 5.74) is 2.49. The van der Waals surface area contributed by atoms with E-state index >= 15 is 0 Å². The monoisotopic (exact) mass is 536 g/mol. The van der Waals surface area contributed by atoms with Crippen molar-refractivity contribution in [3.63, 3.8) is 0 Å². The zero-order valence-electron chi connectivity index (χ0n) is 21.0. The van der Waals surface area contributed by atoms with Gasteiger partial charge in [0.1, 0.15) is 24.0 Å². The second-order valence-corrected chi connectivity index (χ2v) is 11.6. The van der Waals surface area contributed by atoms with E-state index in [0.717, 1.165) is 11.4 Å². The third kappa shape index (κ3) is 5.38. The van der Waals surface area contributed by atoms with E-state index in [4.69, 9.17) is 0 Å². The topological polar surface area (TPSA) is 146 Å². The number of aromatic nitrogens is 5. The van der Waals surface area contributed by atoms with Gasteiger partial charge in [0.15, 0.2) is 0 Å². The Balaban J connectivity index is 1.20. The largest absolute Gasteiger partial charge is 0.480 e. The van der Waals surface area contributed by atoms with Gasteiger partial charge in [-0.05, 0) is 38.1 Å². The van der Waals surface area contributed by atoms with Crippen LogP contribution in [0.3, 0.4) is 0 Å². The molecule has 3 aromatic rings. The number of carbonyl (C=O) groups excluding carboxylic acids is 2. The zero-order valence-corrected chi connectivity index (χ0v) is 21.8. The number of hydrogen-bond donors (Lipinski definition) is 2. The lowest BCUT2D eigenvalue weighted by molar-refractivity contribution is -0.161. The minimum atomic E-state index is -1.04. The average Bonchev–Trinajstić information content (AvgIpc) is 3.42. The summed E-state index contributed by atoms with van der Waals surface area (Å²) in [6.45, 7) is 5.11. The van der Waals surface area contributed by atoms with Crippen LogP contribution in [0.25, 0.3) is 0 Å². The van der Waals surface area contributed by atoms with Gasteiger partial charge in [-0.3, -0.25) is 24.5 Å². The molecule has 2 fully saturated rings. The molecule has 12 nitrogen and oxygen atoms in total. The lowest BCUT2D eigenvalue weighted by Crippen LogP contribution is -2.70. The number of nitrogens with one attached hydrogen (secondary N) is 1. The van der Waals surface area contributed by atoms with Crippen molar-refractivity contribution in [3.8, 4) is 0 Å². The highest BCUT2D eigenvalue weighted by atomic mass is 32.2. The maximum atomic E-state index is 12.7. The summed E-state index contributed by atoms with van der Waals surface area (Å²) in [5.74, 6) is -1.82. The predicted octanol–water partition coefficient (Wildman–Crippen LogP) is 0.902. The molecule has 2 aliphatic heterocycles. The van der Waals surface area contributed by atoms with E-state index in [9.17, 15) is 19.5 Å². The predicted molar refractivity (Wildman–Crippen MR) is 137 cm³/mol. The van der Waals surface area contributed by atoms with Crippen molar-refractivity contribution in [3.05, 3.63) is 72.1 Å². The molecule has 5 rings (SSSR count). The number of hydrogen-bond acceptors (Lipinski definition) is 9. The van der Waals surface area contributed by atoms with E-state index in [1.165, 1.54) is 21.3 Å². The second kappa shape index (κ2) is 10.5. The molecule has 13 heteroatoms. The third-order valence-electron chi connectivity index (χ3n) is 6.49. The molecule has 0 radical (unpaired) electrons. The number of thioether (sulfide) groups is 1. The number of β-lactam (4-membered cyclic amide) rings is 1. The summed E-state index contributed by atoms with van der Waals surface area (Å²) in [4.78, 5) is 49.4. The minimum absolute atomic E-state index is 0.111. The van der Waals surface area contributed by atoms with Crippen molar-refractivity contribution >= 4 is 29.5 Å². The number of carboxylic acid groups (broad SMARTS) is 1. The summed E-state index contributed by atoms with van der Waals surface area (Å²) < 4.78 is 0.778. The molecule has 0 bridgehead atoms. The van der Waals surface area contributed by atoms with E-state index in [-0.39, 0.29) is 12.5 Å². The quantitative estimate of drug-likeness (QED) is 0.358. The van der Waals surface area contributed by atoms with Gasteiger partial charge in [0.05, 0.1) is 23.3 Å². The van der Waals surface area contributed by atoms with Crippen molar-refractivity contribution in [1.82, 2.24) is 40.1 Å². The Kier molecular flexibility index (Phi) is 7.13. The van der Waals surface area contributed by atoms with Crippen molar-refractivity contribution in [1.29, 1.82) is 0 Å². The molecule has 0 saturated carbocycles. The summed E-state index contributed by atoms with van der Waals surface area (Å²) in [6.07, 6.45) is 5.20. The highest BCUT2D eigenvalue weighted by Gasteiger charge is 2.64. The maximum Gasteiger partial charge on any atom is 0.327 e. The maximum absolute atomic E-state index is 12.7. The number of fused-ring (bicyclic) bond motifs is 1. The molecule has 5 heterocycles. The lowest BCUT2D eigenvalue weighted by Gasteiger charge is -2.43. The first kappa shape index (κ1) is 25.8. The Morgan fingerprint density at radius 2 is 1.68 bits per heavy atom. The Labute approximate surface area is 223 Å². The van der Waals surface area contributed by atoms with Crippen LogP contribution in [0.15, 0.2) is 55.0 Å². The van der Waals surface area contributed by atoms with E-state index in [1.54, 1.807) is 32.4 Å². The number of nitrogens with zero attached hydrogens (tertiary/aromatic N) is 7. The molecule has 2 N–H and O–H groups in total. The Morgan fingerprint density at radius 1 is 1.05 bits per heavy atom. The van der Waals surface area contributed by atoms with Crippen LogP contribution in [0.1, 0.15) is 30.9 Å². The van der Waals surface area contributed by atoms with Crippen LogP contribution in [0.4, 0.5) is 0 Å². The molecule has 0 unspecified atom stereocenters. The van der Waals surface area contributed by atoms with Gasteiger partial charge in [0, 0.05) is 36.8 Å². The van der Waals surface area contributed by atoms with Gasteiger partial charge in [-0.2, -0.15) is 0 Å². The fourth-order valence-electron chi connectivity index (χ4n) is 4.84. The van der Waals surface area contributed by atoms with Gasteiger partial charge in [0.25, 0.3) is 0 Å². The molecule has 38 heavy (non-hydrogen) atoms. The Morgan fingerprint density at radius 3 is 2.26 bits per heavy atom. The van der Waals surface area contributed by atoms with Gasteiger partial charge >= 0.3 is 5.97 Å². The molecular weight excluding hydrogens is 508 g/mol. The summed E-state index contributed by atoms with van der Waals surface area (Å²) in [7, 11) is 0. The van der Waals surface area contributed by atoms with Gasteiger partial charge in [-0.15, -0.1) is 16.9 Å². The van der Waals surface area contributed by atoms with Crippen LogP contribution in [0, 0.1) is 0 Å². The number of pyridine rings is 2. The van der Waals surface area contributed by atoms with Crippen LogP contribution >= 0.6 is 11.8 Å². The van der Waals surface area contributed by atoms with Crippen LogP contribution in [-0.2, 0) is 40.6 Å². The zero-order chi connectivity index (χ0) is 26.9. The molecule has 2 aliphatic rings. The van der Waals surface area contributed by atoms with Crippen molar-refractivity contribution in [2.45, 2.75) is 62.2 Å². The highest BCUT2D eigenvalue weighted by molar-refractivity contribution is 8.01. The third-order valence-corrected chi connectivity index (χ3v) is 8.06. The van der Waals surface area contributed by atoms with E-state index < -0.39 is 34.1 Å². The minimum Gasteiger partial charge on any atom is -0.480 e. The molecule has 3 atom stereocenters. The molecule has 198 valence electrons. The Bertz CT molecular complexity index is 1280. The first-order valence-corrected chi connectivity index (χ1v) is 13.0. The smallest absolute Gasteiger partial charge is 0.327 e. The normalized spacial score (nSPS) is 21.7. The first-order chi connectivity index (χ1) is 18.2. The molecule has 0 spiro atoms. The molecule has 0 aliphatic carbocycles. The number of rotatable bonds is 10. The SMILES string of the molecule is CC1(C)S[C@H]2[C@H](NC(=O)Cn3cc(CN(Cc4ccccn4)Cc4ccccn4)nn3)C(=O)N2[C@H]1C(=O)O. The lowest BCUT2D eigenvalue weighted by atomic mass is 9.96. The van der Waals surface area contributed by atoms with Crippen molar-refractivity contribution in [2.24, 2.45) is 0 Å². The van der Waals surface area contributed by atoms with Gasteiger partial charge in [-0.25, -0.2) is 9.48 Å². The number of carboxylic acids is 1. The van der Waals surface area contributed by atoms with Gasteiger partial charge in [0.2, 0.25) is 11.8 Å². The molecule has 0 aromatic carbocycles. The molecule has 2 amide bonds. The van der Waals surface area contributed by atoms with Crippen molar-refractivity contribution in [2.75, 3.05) is 0 Å². The highest BCUT2D eigenvalue weighted by Crippen LogP contribution is 2.50. The first-order valence-electron chi connectivity index (χ1n) is 12.1. The molecule has 2 saturated heterocycles. The summed E-state index contributed by atoms with van der Waals surface area (Å²) in [6, 6.07) is 9.85. The fourth-order valence-corrected chi connectivity index (χ4v) is 6.46. The summed E-state index contributed by atoms with van der Waals surface area (Å²) >= 11 is 1.39. The van der Waals surface area contributed by atoms with Crippen LogP contribution in [-0.4, -0.2) is 79.9 Å². The number of amides is 2. The molecular formula is C25H28N8O4S. The number of carbonyl (C=O) groups is 3. The van der Waals surface area contributed by atoms with Crippen LogP contribution in [0.2, 0.25) is 0 Å². The number of aliphatic carboxylic acids is 1. The summed E-state index contributed by atoms with van der Waals surface area (Å²) in [5, 5.41) is 20.2. The van der Waals surface area contributed by atoms with E-state index in [1.807, 2.05) is 36.4 Å². The second-order valence-electron chi connectivity index (χ2n) is 9.84.